The molecule has 3 heteroatoms. The number of hydrogen-bond acceptors (Lipinski definition) is 2. The number of carbonyl (C=O) groups is 1. The molecule has 146 valence electrons. The Balaban J connectivity index is 1.48. The molecule has 1 aromatic rings. The fraction of sp³-hybridized carbons (Fsp3) is 0.708. The molecule has 4 saturated carbocycles. The lowest BCUT2D eigenvalue weighted by atomic mass is 9.42. The summed E-state index contributed by atoms with van der Waals surface area (Å²) >= 11 is 0. The maximum atomic E-state index is 13.8. The van der Waals surface area contributed by atoms with Crippen LogP contribution in [-0.4, -0.2) is 36.1 Å². The van der Waals surface area contributed by atoms with Gasteiger partial charge in [-0.3, -0.25) is 4.79 Å². The molecule has 4 bridgehead atoms. The summed E-state index contributed by atoms with van der Waals surface area (Å²) in [5.41, 5.74) is 2.93. The zero-order chi connectivity index (χ0) is 18.8. The fourth-order valence-electron chi connectivity index (χ4n) is 7.44. The Kier molecular flexibility index (Phi) is 3.99. The van der Waals surface area contributed by atoms with E-state index in [9.17, 15) is 4.79 Å². The van der Waals surface area contributed by atoms with E-state index in [2.05, 4.69) is 49.9 Å². The predicted molar refractivity (Wildman–Crippen MR) is 107 cm³/mol. The Bertz CT molecular complexity index is 715. The number of rotatable bonds is 2. The van der Waals surface area contributed by atoms with Gasteiger partial charge in [-0.05, 0) is 82.1 Å². The van der Waals surface area contributed by atoms with Gasteiger partial charge in [0.1, 0.15) is 0 Å². The zero-order valence-corrected chi connectivity index (χ0v) is 17.0. The third kappa shape index (κ3) is 2.85. The van der Waals surface area contributed by atoms with Crippen molar-refractivity contribution in [3.05, 3.63) is 35.4 Å². The van der Waals surface area contributed by atoms with Crippen LogP contribution in [0, 0.1) is 24.2 Å². The molecule has 27 heavy (non-hydrogen) atoms. The van der Waals surface area contributed by atoms with Crippen molar-refractivity contribution in [1.29, 1.82) is 0 Å². The second-order valence-electron chi connectivity index (χ2n) is 10.4. The Morgan fingerprint density at radius 2 is 1.59 bits per heavy atom. The average molecular weight is 368 g/mol. The number of ether oxygens (including phenoxy) is 1. The van der Waals surface area contributed by atoms with Crippen LogP contribution in [0.2, 0.25) is 0 Å². The van der Waals surface area contributed by atoms with Gasteiger partial charge in [-0.2, -0.15) is 0 Å². The molecule has 1 amide bonds. The lowest BCUT2D eigenvalue weighted by molar-refractivity contribution is -0.170. The van der Waals surface area contributed by atoms with Gasteiger partial charge in [0.25, 0.3) is 0 Å². The van der Waals surface area contributed by atoms with E-state index in [1.54, 1.807) is 0 Å². The third-order valence-corrected chi connectivity index (χ3v) is 7.89. The molecule has 1 aromatic carbocycles. The first kappa shape index (κ1) is 17.7. The van der Waals surface area contributed by atoms with Crippen LogP contribution in [0.1, 0.15) is 63.5 Å². The van der Waals surface area contributed by atoms with Crippen molar-refractivity contribution in [1.82, 2.24) is 4.90 Å². The molecular weight excluding hydrogens is 334 g/mol. The van der Waals surface area contributed by atoms with Gasteiger partial charge in [0.05, 0.1) is 17.6 Å². The highest BCUT2D eigenvalue weighted by atomic mass is 16.5. The van der Waals surface area contributed by atoms with E-state index in [1.165, 1.54) is 30.4 Å². The van der Waals surface area contributed by atoms with E-state index in [0.29, 0.717) is 5.91 Å². The summed E-state index contributed by atoms with van der Waals surface area (Å²) in [5.74, 6) is 1.90. The molecule has 0 N–H and O–H groups in total. The molecule has 0 spiro atoms. The van der Waals surface area contributed by atoms with Gasteiger partial charge >= 0.3 is 0 Å². The molecule has 5 aliphatic rings. The van der Waals surface area contributed by atoms with Gasteiger partial charge in [-0.25, -0.2) is 0 Å². The monoisotopic (exact) mass is 367 g/mol. The predicted octanol–water partition coefficient (Wildman–Crippen LogP) is 4.47. The van der Waals surface area contributed by atoms with Crippen molar-refractivity contribution < 1.29 is 9.53 Å². The number of nitrogens with zero attached hydrogens (tertiary/aromatic N) is 1. The van der Waals surface area contributed by atoms with E-state index in [-0.39, 0.29) is 23.0 Å². The average Bonchev–Trinajstić information content (AvgIpc) is 2.59. The Labute approximate surface area is 163 Å². The summed E-state index contributed by atoms with van der Waals surface area (Å²) in [6.45, 7) is 7.89. The number of amides is 1. The Morgan fingerprint density at radius 3 is 2.19 bits per heavy atom. The second kappa shape index (κ2) is 6.07. The van der Waals surface area contributed by atoms with Crippen molar-refractivity contribution in [2.45, 2.75) is 76.9 Å². The van der Waals surface area contributed by atoms with E-state index < -0.39 is 0 Å². The van der Waals surface area contributed by atoms with Crippen molar-refractivity contribution in [3.63, 3.8) is 0 Å². The molecule has 0 unspecified atom stereocenters. The first-order chi connectivity index (χ1) is 12.9. The van der Waals surface area contributed by atoms with Crippen molar-refractivity contribution in [2.24, 2.45) is 17.3 Å². The molecular formula is C24H33NO2. The number of aryl methyl sites for hydroxylation is 1. The van der Waals surface area contributed by atoms with Gasteiger partial charge in [-0.15, -0.1) is 0 Å². The SMILES string of the molecule is Cc1ccc(C23C[C@H]4C[C@@H](CC(C(=O)N5C[C@H](C)O[C@@H](C)C5)(C4)C2)C3)cc1. The summed E-state index contributed by atoms with van der Waals surface area (Å²) in [6.07, 6.45) is 7.53. The summed E-state index contributed by atoms with van der Waals surface area (Å²) in [6, 6.07) is 9.21. The second-order valence-corrected chi connectivity index (χ2v) is 10.4. The molecule has 6 rings (SSSR count). The summed E-state index contributed by atoms with van der Waals surface area (Å²) in [4.78, 5) is 16.0. The Morgan fingerprint density at radius 1 is 1.00 bits per heavy atom. The first-order valence-electron chi connectivity index (χ1n) is 10.9. The van der Waals surface area contributed by atoms with Crippen LogP contribution < -0.4 is 0 Å². The summed E-state index contributed by atoms with van der Waals surface area (Å²) in [5, 5.41) is 0. The summed E-state index contributed by atoms with van der Waals surface area (Å²) < 4.78 is 5.89. The molecule has 1 aliphatic heterocycles. The molecule has 4 aliphatic carbocycles. The Hall–Kier alpha value is -1.35. The van der Waals surface area contributed by atoms with Crippen molar-refractivity contribution in [2.75, 3.05) is 13.1 Å². The molecule has 4 atom stereocenters. The van der Waals surface area contributed by atoms with Gasteiger partial charge < -0.3 is 9.64 Å². The van der Waals surface area contributed by atoms with Crippen LogP contribution in [0.25, 0.3) is 0 Å². The highest BCUT2D eigenvalue weighted by Gasteiger charge is 2.61. The van der Waals surface area contributed by atoms with Gasteiger partial charge in [0, 0.05) is 13.1 Å². The normalized spacial score (nSPS) is 43.1. The molecule has 3 nitrogen and oxygen atoms in total. The lowest BCUT2D eigenvalue weighted by Gasteiger charge is -2.62. The van der Waals surface area contributed by atoms with Crippen LogP contribution in [0.4, 0.5) is 0 Å². The van der Waals surface area contributed by atoms with Crippen LogP contribution in [0.5, 0.6) is 0 Å². The van der Waals surface area contributed by atoms with Crippen LogP contribution in [0.3, 0.4) is 0 Å². The molecule has 1 heterocycles. The minimum absolute atomic E-state index is 0.119. The largest absolute Gasteiger partial charge is 0.372 e. The topological polar surface area (TPSA) is 29.5 Å². The maximum Gasteiger partial charge on any atom is 0.229 e. The highest BCUT2D eigenvalue weighted by Crippen LogP contribution is 2.66. The van der Waals surface area contributed by atoms with Gasteiger partial charge in [0.2, 0.25) is 5.91 Å². The first-order valence-corrected chi connectivity index (χ1v) is 10.9. The van der Waals surface area contributed by atoms with E-state index in [4.69, 9.17) is 4.74 Å². The minimum Gasteiger partial charge on any atom is -0.372 e. The quantitative estimate of drug-likeness (QED) is 0.772. The number of carbonyl (C=O) groups excluding carboxylic acids is 1. The lowest BCUT2D eigenvalue weighted by Crippen LogP contribution is -2.61. The molecule has 0 radical (unpaired) electrons. The number of benzene rings is 1. The van der Waals surface area contributed by atoms with E-state index in [0.717, 1.165) is 44.2 Å². The van der Waals surface area contributed by atoms with Crippen molar-refractivity contribution in [3.8, 4) is 0 Å². The third-order valence-electron chi connectivity index (χ3n) is 7.89. The zero-order valence-electron chi connectivity index (χ0n) is 17.0. The highest BCUT2D eigenvalue weighted by molar-refractivity contribution is 5.84. The number of morpholine rings is 1. The van der Waals surface area contributed by atoms with Crippen LogP contribution in [0.15, 0.2) is 24.3 Å². The molecule has 0 aromatic heterocycles. The van der Waals surface area contributed by atoms with Gasteiger partial charge in [0.15, 0.2) is 0 Å². The minimum atomic E-state index is -0.119. The molecule has 1 saturated heterocycles. The fourth-order valence-corrected chi connectivity index (χ4v) is 7.44. The van der Waals surface area contributed by atoms with E-state index >= 15 is 0 Å². The van der Waals surface area contributed by atoms with E-state index in [1.807, 2.05) is 0 Å². The maximum absolute atomic E-state index is 13.8. The van der Waals surface area contributed by atoms with Crippen molar-refractivity contribution >= 4 is 5.91 Å². The van der Waals surface area contributed by atoms with Crippen LogP contribution >= 0.6 is 0 Å². The standard InChI is InChI=1S/C24H33NO2/c1-16-4-6-21(7-5-16)23-9-19-8-20(10-23)12-24(11-19,15-23)22(26)25-13-17(2)27-18(3)14-25/h4-7,17-20H,8-15H2,1-3H3/t17-,18-,19+,20+,23?,24?/m0/s1. The summed E-state index contributed by atoms with van der Waals surface area (Å²) in [7, 11) is 0. The smallest absolute Gasteiger partial charge is 0.229 e. The van der Waals surface area contributed by atoms with Crippen LogP contribution in [-0.2, 0) is 14.9 Å². The molecule has 5 fully saturated rings. The van der Waals surface area contributed by atoms with Gasteiger partial charge in [-0.1, -0.05) is 29.8 Å². The number of hydrogen-bond donors (Lipinski definition) is 0.